The van der Waals surface area contributed by atoms with Gasteiger partial charge in [0, 0.05) is 12.6 Å². The number of aryl methyl sites for hydroxylation is 1. The molecule has 0 aliphatic heterocycles. The lowest BCUT2D eigenvalue weighted by molar-refractivity contribution is -0.124. The van der Waals surface area contributed by atoms with Gasteiger partial charge in [-0.1, -0.05) is 6.07 Å². The Labute approximate surface area is 110 Å². The summed E-state index contributed by atoms with van der Waals surface area (Å²) in [6, 6.07) is 3.92. The number of amides is 2. The van der Waals surface area contributed by atoms with Crippen LogP contribution in [0.25, 0.3) is 0 Å². The highest BCUT2D eigenvalue weighted by molar-refractivity contribution is 5.98. The van der Waals surface area contributed by atoms with Crippen LogP contribution in [0.4, 0.5) is 5.69 Å². The maximum atomic E-state index is 11.7. The van der Waals surface area contributed by atoms with Gasteiger partial charge in [0.2, 0.25) is 11.8 Å². The number of nitrogens with one attached hydrogen (secondary N) is 2. The van der Waals surface area contributed by atoms with E-state index in [1.54, 1.807) is 26.0 Å². The molecule has 0 aromatic heterocycles. The number of carbonyl (C=O) groups excluding carboxylic acids is 2. The van der Waals surface area contributed by atoms with Gasteiger partial charge >= 0.3 is 5.97 Å². The van der Waals surface area contributed by atoms with Crippen molar-refractivity contribution < 1.29 is 19.5 Å². The summed E-state index contributed by atoms with van der Waals surface area (Å²) in [5, 5.41) is 14.0. The molecule has 0 fully saturated rings. The summed E-state index contributed by atoms with van der Waals surface area (Å²) in [7, 11) is 0. The smallest absolute Gasteiger partial charge is 0.336 e. The predicted molar refractivity (Wildman–Crippen MR) is 70.0 cm³/mol. The van der Waals surface area contributed by atoms with E-state index in [0.717, 1.165) is 0 Å². The first kappa shape index (κ1) is 14.7. The normalized spacial score (nSPS) is 11.5. The van der Waals surface area contributed by atoms with Crippen LogP contribution in [0.2, 0.25) is 0 Å². The van der Waals surface area contributed by atoms with Crippen LogP contribution in [0, 0.1) is 6.92 Å². The first-order chi connectivity index (χ1) is 8.81. The Hall–Kier alpha value is -2.37. The van der Waals surface area contributed by atoms with E-state index in [1.165, 1.54) is 13.0 Å². The van der Waals surface area contributed by atoms with Crippen LogP contribution in [0.1, 0.15) is 29.8 Å². The molecular formula is C13H16N2O4. The van der Waals surface area contributed by atoms with Crippen LogP contribution in [0.15, 0.2) is 18.2 Å². The van der Waals surface area contributed by atoms with Crippen molar-refractivity contribution in [1.82, 2.24) is 5.32 Å². The van der Waals surface area contributed by atoms with Gasteiger partial charge in [-0.2, -0.15) is 0 Å². The van der Waals surface area contributed by atoms with Gasteiger partial charge in [-0.05, 0) is 31.5 Å². The molecule has 1 rings (SSSR count). The largest absolute Gasteiger partial charge is 0.478 e. The molecule has 0 radical (unpaired) electrons. The van der Waals surface area contributed by atoms with E-state index < -0.39 is 17.9 Å². The number of rotatable bonds is 4. The second kappa shape index (κ2) is 5.99. The first-order valence-electron chi connectivity index (χ1n) is 5.73. The second-order valence-corrected chi connectivity index (χ2v) is 4.25. The van der Waals surface area contributed by atoms with Gasteiger partial charge in [0.05, 0.1) is 5.56 Å². The SMILES string of the molecule is CC(=O)NC(C)C(=O)Nc1ccc(C)c(C(=O)O)c1. The molecule has 3 N–H and O–H groups in total. The molecule has 0 spiro atoms. The minimum Gasteiger partial charge on any atom is -0.478 e. The molecule has 1 atom stereocenters. The molecule has 19 heavy (non-hydrogen) atoms. The third kappa shape index (κ3) is 4.09. The highest BCUT2D eigenvalue weighted by atomic mass is 16.4. The van der Waals surface area contributed by atoms with Crippen molar-refractivity contribution in [3.8, 4) is 0 Å². The maximum absolute atomic E-state index is 11.7. The van der Waals surface area contributed by atoms with Crippen molar-refractivity contribution in [1.29, 1.82) is 0 Å². The van der Waals surface area contributed by atoms with Gasteiger partial charge in [-0.3, -0.25) is 9.59 Å². The summed E-state index contributed by atoms with van der Waals surface area (Å²) in [5.74, 6) is -1.77. The van der Waals surface area contributed by atoms with E-state index in [1.807, 2.05) is 0 Å². The Bertz CT molecular complexity index is 525. The lowest BCUT2D eigenvalue weighted by Gasteiger charge is -2.13. The summed E-state index contributed by atoms with van der Waals surface area (Å²) in [4.78, 5) is 33.5. The quantitative estimate of drug-likeness (QED) is 0.760. The van der Waals surface area contributed by atoms with E-state index in [0.29, 0.717) is 11.3 Å². The number of aromatic carboxylic acids is 1. The van der Waals surface area contributed by atoms with Crippen LogP contribution >= 0.6 is 0 Å². The van der Waals surface area contributed by atoms with Gasteiger partial charge in [0.1, 0.15) is 6.04 Å². The minimum atomic E-state index is -1.05. The molecule has 2 amide bonds. The Morgan fingerprint density at radius 1 is 1.26 bits per heavy atom. The van der Waals surface area contributed by atoms with Gasteiger partial charge in [-0.15, -0.1) is 0 Å². The summed E-state index contributed by atoms with van der Waals surface area (Å²) in [6.07, 6.45) is 0. The standard InChI is InChI=1S/C13H16N2O4/c1-7-4-5-10(6-11(7)13(18)19)15-12(17)8(2)14-9(3)16/h4-6,8H,1-3H3,(H,14,16)(H,15,17)(H,18,19). The van der Waals surface area contributed by atoms with Crippen molar-refractivity contribution in [2.45, 2.75) is 26.8 Å². The molecule has 102 valence electrons. The number of hydrogen-bond acceptors (Lipinski definition) is 3. The Kier molecular flexibility index (Phi) is 4.63. The summed E-state index contributed by atoms with van der Waals surface area (Å²) in [5.41, 5.74) is 1.12. The van der Waals surface area contributed by atoms with E-state index in [2.05, 4.69) is 10.6 Å². The Morgan fingerprint density at radius 3 is 2.42 bits per heavy atom. The van der Waals surface area contributed by atoms with Gasteiger partial charge in [0.15, 0.2) is 0 Å². The van der Waals surface area contributed by atoms with Crippen LogP contribution < -0.4 is 10.6 Å². The molecular weight excluding hydrogens is 248 g/mol. The van der Waals surface area contributed by atoms with Crippen LogP contribution in [0.3, 0.4) is 0 Å². The fraction of sp³-hybridized carbons (Fsp3) is 0.308. The van der Waals surface area contributed by atoms with Crippen LogP contribution in [-0.4, -0.2) is 28.9 Å². The van der Waals surface area contributed by atoms with E-state index in [9.17, 15) is 14.4 Å². The topological polar surface area (TPSA) is 95.5 Å². The molecule has 6 nitrogen and oxygen atoms in total. The maximum Gasteiger partial charge on any atom is 0.336 e. The average Bonchev–Trinajstić information content (AvgIpc) is 2.30. The lowest BCUT2D eigenvalue weighted by atomic mass is 10.1. The molecule has 1 aromatic carbocycles. The third-order valence-corrected chi connectivity index (χ3v) is 2.55. The van der Waals surface area contributed by atoms with Crippen LogP contribution in [-0.2, 0) is 9.59 Å². The number of carboxylic acid groups (broad SMARTS) is 1. The number of carboxylic acids is 1. The van der Waals surface area contributed by atoms with Gasteiger partial charge in [0.25, 0.3) is 0 Å². The van der Waals surface area contributed by atoms with Crippen molar-refractivity contribution in [3.63, 3.8) is 0 Å². The molecule has 1 unspecified atom stereocenters. The average molecular weight is 264 g/mol. The Morgan fingerprint density at radius 2 is 1.89 bits per heavy atom. The zero-order valence-electron chi connectivity index (χ0n) is 11.0. The first-order valence-corrected chi connectivity index (χ1v) is 5.73. The number of hydrogen-bond donors (Lipinski definition) is 3. The fourth-order valence-corrected chi connectivity index (χ4v) is 1.55. The van der Waals surface area contributed by atoms with E-state index in [-0.39, 0.29) is 11.5 Å². The van der Waals surface area contributed by atoms with Crippen molar-refractivity contribution in [2.24, 2.45) is 0 Å². The third-order valence-electron chi connectivity index (χ3n) is 2.55. The van der Waals surface area contributed by atoms with Gasteiger partial charge in [-0.25, -0.2) is 4.79 Å². The Balaban J connectivity index is 2.83. The van der Waals surface area contributed by atoms with E-state index in [4.69, 9.17) is 5.11 Å². The molecule has 0 aliphatic carbocycles. The number of benzene rings is 1. The van der Waals surface area contributed by atoms with E-state index >= 15 is 0 Å². The molecule has 1 aromatic rings. The fourth-order valence-electron chi connectivity index (χ4n) is 1.55. The van der Waals surface area contributed by atoms with Crippen molar-refractivity contribution in [2.75, 3.05) is 5.32 Å². The highest BCUT2D eigenvalue weighted by Crippen LogP contribution is 2.15. The summed E-state index contributed by atoms with van der Waals surface area (Å²) < 4.78 is 0. The molecule has 0 saturated heterocycles. The minimum absolute atomic E-state index is 0.130. The number of anilines is 1. The number of carbonyl (C=O) groups is 3. The zero-order valence-corrected chi connectivity index (χ0v) is 11.0. The molecule has 6 heteroatoms. The summed E-state index contributed by atoms with van der Waals surface area (Å²) in [6.45, 7) is 4.54. The lowest BCUT2D eigenvalue weighted by Crippen LogP contribution is -2.40. The van der Waals surface area contributed by atoms with Gasteiger partial charge < -0.3 is 15.7 Å². The van der Waals surface area contributed by atoms with Crippen molar-refractivity contribution >= 4 is 23.5 Å². The van der Waals surface area contributed by atoms with Crippen LogP contribution in [0.5, 0.6) is 0 Å². The zero-order chi connectivity index (χ0) is 14.6. The predicted octanol–water partition coefficient (Wildman–Crippen LogP) is 1.16. The summed E-state index contributed by atoms with van der Waals surface area (Å²) >= 11 is 0. The highest BCUT2D eigenvalue weighted by Gasteiger charge is 2.15. The molecule has 0 saturated carbocycles. The van der Waals surface area contributed by atoms with Crippen molar-refractivity contribution in [3.05, 3.63) is 29.3 Å². The monoisotopic (exact) mass is 264 g/mol. The molecule has 0 bridgehead atoms. The molecule has 0 aliphatic rings. The molecule has 0 heterocycles. The second-order valence-electron chi connectivity index (χ2n) is 4.25.